The van der Waals surface area contributed by atoms with Crippen LogP contribution in [0.1, 0.15) is 68.3 Å². The van der Waals surface area contributed by atoms with E-state index < -0.39 is 17.5 Å². The van der Waals surface area contributed by atoms with Crippen LogP contribution in [0.3, 0.4) is 0 Å². The van der Waals surface area contributed by atoms with Crippen molar-refractivity contribution in [3.05, 3.63) is 84.1 Å². The second-order valence-corrected chi connectivity index (χ2v) is 8.83. The molecule has 0 bridgehead atoms. The predicted molar refractivity (Wildman–Crippen MR) is 121 cm³/mol. The summed E-state index contributed by atoms with van der Waals surface area (Å²) >= 11 is 0. The van der Waals surface area contributed by atoms with Crippen molar-refractivity contribution in [2.24, 2.45) is 0 Å². The summed E-state index contributed by atoms with van der Waals surface area (Å²) in [6, 6.07) is 13.6. The normalized spacial score (nSPS) is 12.5. The fourth-order valence-electron chi connectivity index (χ4n) is 3.32. The Hall–Kier alpha value is -3.41. The molecule has 1 atom stereocenters. The second-order valence-electron chi connectivity index (χ2n) is 8.83. The molecule has 0 saturated carbocycles. The molecule has 1 aromatic carbocycles. The first-order chi connectivity index (χ1) is 14.7. The lowest BCUT2D eigenvalue weighted by Crippen LogP contribution is -2.49. The molecule has 0 saturated heterocycles. The Morgan fingerprint density at radius 1 is 1.00 bits per heavy atom. The zero-order chi connectivity index (χ0) is 22.6. The Morgan fingerprint density at radius 3 is 2.23 bits per heavy atom. The number of hydrogen-bond acceptors (Lipinski definition) is 4. The van der Waals surface area contributed by atoms with Crippen molar-refractivity contribution in [3.63, 3.8) is 0 Å². The summed E-state index contributed by atoms with van der Waals surface area (Å²) < 4.78 is 5.39. The van der Waals surface area contributed by atoms with E-state index in [0.717, 1.165) is 5.56 Å². The lowest BCUT2D eigenvalue weighted by molar-refractivity contribution is -0.123. The summed E-state index contributed by atoms with van der Waals surface area (Å²) in [5.41, 5.74) is 1.88. The van der Waals surface area contributed by atoms with E-state index >= 15 is 0 Å². The molecule has 31 heavy (non-hydrogen) atoms. The Morgan fingerprint density at radius 2 is 1.71 bits per heavy atom. The third kappa shape index (κ3) is 5.40. The number of carbonyl (C=O) groups is 2. The predicted octanol–water partition coefficient (Wildman–Crippen LogP) is 5.10. The van der Waals surface area contributed by atoms with Crippen molar-refractivity contribution in [2.45, 2.75) is 52.1 Å². The SMILES string of the molecule is CC(C)c1ccc(N(C(=O)c2ccco2)C(C(=O)NC(C)(C)C)c2cccnc2)cc1. The van der Waals surface area contributed by atoms with E-state index in [1.807, 2.05) is 45.0 Å². The maximum absolute atomic E-state index is 13.5. The van der Waals surface area contributed by atoms with Crippen LogP contribution in [0.15, 0.2) is 71.6 Å². The van der Waals surface area contributed by atoms with Crippen LogP contribution in [0.5, 0.6) is 0 Å². The van der Waals surface area contributed by atoms with Crippen molar-refractivity contribution in [3.8, 4) is 0 Å². The van der Waals surface area contributed by atoms with Gasteiger partial charge in [0.25, 0.3) is 5.91 Å². The van der Waals surface area contributed by atoms with Gasteiger partial charge in [-0.3, -0.25) is 19.5 Å². The van der Waals surface area contributed by atoms with Crippen molar-refractivity contribution >= 4 is 17.5 Å². The first kappa shape index (κ1) is 22.3. The highest BCUT2D eigenvalue weighted by molar-refractivity contribution is 6.08. The fraction of sp³-hybridized carbons (Fsp3) is 0.320. The molecule has 0 spiro atoms. The molecule has 2 aromatic heterocycles. The minimum atomic E-state index is -0.921. The van der Waals surface area contributed by atoms with E-state index in [2.05, 4.69) is 24.1 Å². The lowest BCUT2D eigenvalue weighted by Gasteiger charge is -2.33. The number of pyridine rings is 1. The maximum atomic E-state index is 13.5. The molecular formula is C25H29N3O3. The molecule has 3 aromatic rings. The van der Waals surface area contributed by atoms with Gasteiger partial charge in [-0.15, -0.1) is 0 Å². The van der Waals surface area contributed by atoms with Crippen molar-refractivity contribution in [1.82, 2.24) is 10.3 Å². The first-order valence-electron chi connectivity index (χ1n) is 10.4. The summed E-state index contributed by atoms with van der Waals surface area (Å²) in [6.45, 7) is 9.93. The van der Waals surface area contributed by atoms with E-state index in [0.29, 0.717) is 17.2 Å². The molecule has 0 aliphatic heterocycles. The van der Waals surface area contributed by atoms with Gasteiger partial charge in [-0.25, -0.2) is 0 Å². The Balaban J connectivity index is 2.14. The van der Waals surface area contributed by atoms with E-state index in [1.54, 1.807) is 36.7 Å². The average molecular weight is 420 g/mol. The largest absolute Gasteiger partial charge is 0.459 e. The zero-order valence-electron chi connectivity index (χ0n) is 18.6. The summed E-state index contributed by atoms with van der Waals surface area (Å²) in [6.07, 6.45) is 4.69. The van der Waals surface area contributed by atoms with Gasteiger partial charge in [-0.2, -0.15) is 0 Å². The Kier molecular flexibility index (Phi) is 6.59. The minimum Gasteiger partial charge on any atom is -0.459 e. The van der Waals surface area contributed by atoms with E-state index in [9.17, 15) is 9.59 Å². The molecule has 3 rings (SSSR count). The van der Waals surface area contributed by atoms with Gasteiger partial charge < -0.3 is 9.73 Å². The van der Waals surface area contributed by atoms with Gasteiger partial charge in [0, 0.05) is 29.2 Å². The van der Waals surface area contributed by atoms with E-state index in [1.165, 1.54) is 11.2 Å². The molecule has 0 aliphatic carbocycles. The monoisotopic (exact) mass is 419 g/mol. The van der Waals surface area contributed by atoms with Gasteiger partial charge in [0.05, 0.1) is 6.26 Å². The zero-order valence-corrected chi connectivity index (χ0v) is 18.6. The molecule has 6 heteroatoms. The van der Waals surface area contributed by atoms with Gasteiger partial charge in [0.1, 0.15) is 6.04 Å². The van der Waals surface area contributed by atoms with Crippen LogP contribution in [0.2, 0.25) is 0 Å². The van der Waals surface area contributed by atoms with Crippen molar-refractivity contribution in [2.75, 3.05) is 4.90 Å². The third-order valence-corrected chi connectivity index (χ3v) is 4.79. The number of rotatable bonds is 6. The van der Waals surface area contributed by atoms with Gasteiger partial charge in [0.2, 0.25) is 5.91 Å². The number of benzene rings is 1. The van der Waals surface area contributed by atoms with Crippen molar-refractivity contribution < 1.29 is 14.0 Å². The van der Waals surface area contributed by atoms with Crippen LogP contribution < -0.4 is 10.2 Å². The van der Waals surface area contributed by atoms with Gasteiger partial charge in [-0.1, -0.05) is 32.0 Å². The van der Waals surface area contributed by atoms with Gasteiger partial charge in [-0.05, 0) is 62.6 Å². The summed E-state index contributed by atoms with van der Waals surface area (Å²) in [4.78, 5) is 32.7. The smallest absolute Gasteiger partial charge is 0.294 e. The van der Waals surface area contributed by atoms with Crippen LogP contribution in [0.4, 0.5) is 5.69 Å². The number of carbonyl (C=O) groups excluding carboxylic acids is 2. The number of amides is 2. The number of anilines is 1. The van der Waals surface area contributed by atoms with Crippen LogP contribution in [-0.4, -0.2) is 22.3 Å². The fourth-order valence-corrected chi connectivity index (χ4v) is 3.32. The Bertz CT molecular complexity index is 1000. The quantitative estimate of drug-likeness (QED) is 0.603. The number of furan rings is 1. The summed E-state index contributed by atoms with van der Waals surface area (Å²) in [5.74, 6) is -0.194. The number of aromatic nitrogens is 1. The molecule has 2 heterocycles. The average Bonchev–Trinajstić information content (AvgIpc) is 3.26. The summed E-state index contributed by atoms with van der Waals surface area (Å²) in [5, 5.41) is 3.01. The highest BCUT2D eigenvalue weighted by Gasteiger charge is 2.36. The number of nitrogens with one attached hydrogen (secondary N) is 1. The molecule has 1 unspecified atom stereocenters. The Labute approximate surface area is 183 Å². The molecule has 0 fully saturated rings. The van der Waals surface area contributed by atoms with Crippen LogP contribution in [-0.2, 0) is 4.79 Å². The van der Waals surface area contributed by atoms with Crippen LogP contribution in [0.25, 0.3) is 0 Å². The van der Waals surface area contributed by atoms with Crippen molar-refractivity contribution in [1.29, 1.82) is 0 Å². The van der Waals surface area contributed by atoms with E-state index in [-0.39, 0.29) is 11.7 Å². The molecule has 0 aliphatic rings. The highest BCUT2D eigenvalue weighted by Crippen LogP contribution is 2.31. The number of nitrogens with zero attached hydrogens (tertiary/aromatic N) is 2. The van der Waals surface area contributed by atoms with Gasteiger partial charge in [0.15, 0.2) is 5.76 Å². The first-order valence-corrected chi connectivity index (χ1v) is 10.4. The van der Waals surface area contributed by atoms with Gasteiger partial charge >= 0.3 is 0 Å². The molecule has 162 valence electrons. The van der Waals surface area contributed by atoms with Crippen LogP contribution >= 0.6 is 0 Å². The topological polar surface area (TPSA) is 75.4 Å². The standard InChI is InChI=1S/C25H29N3O3/c1-17(2)18-10-12-20(13-11-18)28(24(30)21-9-7-15-31-21)22(19-8-6-14-26-16-19)23(29)27-25(3,4)5/h6-17,22H,1-5H3,(H,27,29). The minimum absolute atomic E-state index is 0.158. The molecular weight excluding hydrogens is 390 g/mol. The summed E-state index contributed by atoms with van der Waals surface area (Å²) in [7, 11) is 0. The number of hydrogen-bond donors (Lipinski definition) is 1. The molecule has 2 amide bonds. The molecule has 1 N–H and O–H groups in total. The molecule has 6 nitrogen and oxygen atoms in total. The molecule has 0 radical (unpaired) electrons. The highest BCUT2D eigenvalue weighted by atomic mass is 16.3. The van der Waals surface area contributed by atoms with E-state index in [4.69, 9.17) is 4.42 Å². The second kappa shape index (κ2) is 9.16. The van der Waals surface area contributed by atoms with Crippen LogP contribution in [0, 0.1) is 0 Å². The lowest BCUT2D eigenvalue weighted by atomic mass is 10.00. The third-order valence-electron chi connectivity index (χ3n) is 4.79. The maximum Gasteiger partial charge on any atom is 0.294 e.